The second-order valence-corrected chi connectivity index (χ2v) is 7.49. The number of alkyl halides is 6. The highest BCUT2D eigenvalue weighted by Crippen LogP contribution is 2.32. The molecule has 4 rings (SSSR count). The molecule has 6 nitrogen and oxygen atoms in total. The summed E-state index contributed by atoms with van der Waals surface area (Å²) in [5.74, 6) is -0.452. The lowest BCUT2D eigenvalue weighted by Gasteiger charge is -2.11. The molecule has 12 heteroatoms. The molecule has 1 heterocycles. The van der Waals surface area contributed by atoms with E-state index >= 15 is 0 Å². The highest BCUT2D eigenvalue weighted by molar-refractivity contribution is 6.04. The second kappa shape index (κ2) is 9.36. The number of ether oxygens (including phenoxy) is 1. The van der Waals surface area contributed by atoms with Crippen LogP contribution in [0.1, 0.15) is 21.5 Å². The molecule has 1 aromatic heterocycles. The Morgan fingerprint density at radius 3 is 2.00 bits per heavy atom. The summed E-state index contributed by atoms with van der Waals surface area (Å²) in [6, 6.07) is 14.3. The van der Waals surface area contributed by atoms with E-state index in [1.54, 1.807) is 18.2 Å². The molecule has 0 saturated heterocycles. The summed E-state index contributed by atoms with van der Waals surface area (Å²) in [6.07, 6.45) is -9.02. The van der Waals surface area contributed by atoms with Crippen molar-refractivity contribution in [3.63, 3.8) is 0 Å². The molecule has 4 aromatic rings. The van der Waals surface area contributed by atoms with Gasteiger partial charge in [-0.2, -0.15) is 31.3 Å². The van der Waals surface area contributed by atoms with Gasteiger partial charge in [0.1, 0.15) is 0 Å². The Morgan fingerprint density at radius 1 is 0.861 bits per heavy atom. The van der Waals surface area contributed by atoms with E-state index in [9.17, 15) is 31.1 Å². The summed E-state index contributed by atoms with van der Waals surface area (Å²) >= 11 is 0. The van der Waals surface area contributed by atoms with E-state index in [-0.39, 0.29) is 17.4 Å². The molecule has 0 saturated carbocycles. The lowest BCUT2D eigenvalue weighted by Crippen LogP contribution is -2.13. The van der Waals surface area contributed by atoms with Crippen molar-refractivity contribution < 1.29 is 35.9 Å². The number of halogens is 6. The van der Waals surface area contributed by atoms with E-state index in [0.717, 1.165) is 36.4 Å². The van der Waals surface area contributed by atoms with Crippen LogP contribution in [0.2, 0.25) is 0 Å². The van der Waals surface area contributed by atoms with Crippen molar-refractivity contribution >= 4 is 11.6 Å². The van der Waals surface area contributed by atoms with Gasteiger partial charge < -0.3 is 10.1 Å². The molecule has 0 aliphatic rings. The quantitative estimate of drug-likeness (QED) is 0.326. The monoisotopic (exact) mass is 506 g/mol. The Hall–Kier alpha value is -4.35. The third-order valence-electron chi connectivity index (χ3n) is 5.06. The predicted octanol–water partition coefficient (Wildman–Crippen LogP) is 6.23. The molecule has 0 fully saturated rings. The first-order valence-corrected chi connectivity index (χ1v) is 10.2. The van der Waals surface area contributed by atoms with Crippen molar-refractivity contribution in [3.8, 4) is 23.1 Å². The molecule has 1 N–H and O–H groups in total. The van der Waals surface area contributed by atoms with E-state index in [4.69, 9.17) is 4.74 Å². The number of nitrogens with one attached hydrogen (secondary N) is 1. The number of benzene rings is 3. The number of methoxy groups -OCH3 is 1. The van der Waals surface area contributed by atoms with Crippen LogP contribution in [0.4, 0.5) is 32.0 Å². The first-order chi connectivity index (χ1) is 17.0. The summed E-state index contributed by atoms with van der Waals surface area (Å²) in [5.41, 5.74) is -0.662. The molecule has 0 bridgehead atoms. The topological polar surface area (TPSA) is 69.0 Å². The number of aromatic nitrogens is 3. The third-order valence-corrected chi connectivity index (χ3v) is 5.06. The van der Waals surface area contributed by atoms with Crippen molar-refractivity contribution in [1.29, 1.82) is 0 Å². The fraction of sp³-hybridized carbons (Fsp3) is 0.125. The van der Waals surface area contributed by atoms with Crippen LogP contribution < -0.4 is 10.1 Å². The summed E-state index contributed by atoms with van der Waals surface area (Å²) in [4.78, 5) is 16.7. The van der Waals surface area contributed by atoms with Gasteiger partial charge in [0.05, 0.1) is 23.9 Å². The van der Waals surface area contributed by atoms with E-state index in [1.807, 2.05) is 0 Å². The summed E-state index contributed by atoms with van der Waals surface area (Å²) in [7, 11) is 1.33. The van der Waals surface area contributed by atoms with Crippen LogP contribution in [-0.4, -0.2) is 27.8 Å². The minimum Gasteiger partial charge on any atom is -0.466 e. The van der Waals surface area contributed by atoms with Gasteiger partial charge in [-0.1, -0.05) is 18.2 Å². The first kappa shape index (κ1) is 24.8. The molecule has 0 spiro atoms. The maximum absolute atomic E-state index is 12.9. The molecule has 0 aliphatic carbocycles. The lowest BCUT2D eigenvalue weighted by atomic mass is 10.1. The summed E-state index contributed by atoms with van der Waals surface area (Å²) in [5, 5.41) is 6.79. The molecule has 3 aromatic carbocycles. The molecule has 1 amide bonds. The Labute approximate surface area is 200 Å². The second-order valence-electron chi connectivity index (χ2n) is 7.49. The van der Waals surface area contributed by atoms with Crippen LogP contribution in [0.5, 0.6) is 6.01 Å². The number of amides is 1. The molecule has 0 unspecified atom stereocenters. The maximum Gasteiger partial charge on any atom is 0.416 e. The van der Waals surface area contributed by atoms with Crippen LogP contribution >= 0.6 is 0 Å². The molecule has 0 aliphatic heterocycles. The zero-order valence-corrected chi connectivity index (χ0v) is 18.4. The van der Waals surface area contributed by atoms with Gasteiger partial charge >= 0.3 is 18.4 Å². The fourth-order valence-electron chi connectivity index (χ4n) is 3.28. The van der Waals surface area contributed by atoms with Crippen LogP contribution in [0.15, 0.2) is 72.8 Å². The van der Waals surface area contributed by atoms with E-state index in [2.05, 4.69) is 15.4 Å². The Kier molecular flexibility index (Phi) is 6.44. The molecule has 0 radical (unpaired) electrons. The largest absolute Gasteiger partial charge is 0.466 e. The number of nitrogens with zero attached hydrogens (tertiary/aromatic N) is 3. The average molecular weight is 506 g/mol. The van der Waals surface area contributed by atoms with Gasteiger partial charge in [0.2, 0.25) is 0 Å². The normalized spacial score (nSPS) is 11.9. The molecular formula is C24H16F6N4O2. The minimum absolute atomic E-state index is 0.0151. The van der Waals surface area contributed by atoms with Crippen molar-refractivity contribution in [1.82, 2.24) is 14.8 Å². The van der Waals surface area contributed by atoms with Crippen molar-refractivity contribution in [2.75, 3.05) is 12.4 Å². The SMILES string of the molecule is COc1nc(-c2ccc(C(F)(F)F)cc2)n(-c2cccc(NC(=O)c3ccc(C(F)(F)F)cc3)c2)n1. The van der Waals surface area contributed by atoms with Gasteiger partial charge in [0.15, 0.2) is 5.82 Å². The highest BCUT2D eigenvalue weighted by Gasteiger charge is 2.31. The Balaban J connectivity index is 1.62. The standard InChI is InChI=1S/C24H16F6N4O2/c1-36-22-32-20(14-5-9-16(10-6-14)23(25,26)27)34(33-22)19-4-2-3-18(13-19)31-21(35)15-7-11-17(12-8-15)24(28,29)30/h2-13H,1H3,(H,31,35). The molecule has 0 atom stereocenters. The number of hydrogen-bond donors (Lipinski definition) is 1. The fourth-order valence-corrected chi connectivity index (χ4v) is 3.28. The van der Waals surface area contributed by atoms with Gasteiger partial charge in [-0.15, -0.1) is 5.10 Å². The lowest BCUT2D eigenvalue weighted by molar-refractivity contribution is -0.138. The third kappa shape index (κ3) is 5.32. The molecular weight excluding hydrogens is 490 g/mol. The van der Waals surface area contributed by atoms with Gasteiger partial charge in [-0.25, -0.2) is 4.68 Å². The van der Waals surface area contributed by atoms with E-state index in [1.165, 1.54) is 30.0 Å². The van der Waals surface area contributed by atoms with Crippen molar-refractivity contribution in [3.05, 3.63) is 89.5 Å². The number of anilines is 1. The smallest absolute Gasteiger partial charge is 0.416 e. The van der Waals surface area contributed by atoms with E-state index < -0.39 is 29.4 Å². The predicted molar refractivity (Wildman–Crippen MR) is 118 cm³/mol. The first-order valence-electron chi connectivity index (χ1n) is 10.2. The summed E-state index contributed by atoms with van der Waals surface area (Å²) in [6.45, 7) is 0. The van der Waals surface area contributed by atoms with Crippen molar-refractivity contribution in [2.45, 2.75) is 12.4 Å². The van der Waals surface area contributed by atoms with Crippen LogP contribution in [0.25, 0.3) is 17.1 Å². The van der Waals surface area contributed by atoms with Gasteiger partial charge in [0.25, 0.3) is 5.91 Å². The van der Waals surface area contributed by atoms with Crippen LogP contribution in [-0.2, 0) is 12.4 Å². The minimum atomic E-state index is -4.52. The molecule has 36 heavy (non-hydrogen) atoms. The van der Waals surface area contributed by atoms with Crippen molar-refractivity contribution in [2.24, 2.45) is 0 Å². The van der Waals surface area contributed by atoms with Gasteiger partial charge in [0, 0.05) is 16.8 Å². The van der Waals surface area contributed by atoms with Crippen LogP contribution in [0.3, 0.4) is 0 Å². The molecule has 186 valence electrons. The summed E-state index contributed by atoms with van der Waals surface area (Å²) < 4.78 is 83.5. The van der Waals surface area contributed by atoms with E-state index in [0.29, 0.717) is 16.9 Å². The Morgan fingerprint density at radius 2 is 1.44 bits per heavy atom. The average Bonchev–Trinajstić information content (AvgIpc) is 3.28. The number of carbonyl (C=O) groups is 1. The number of rotatable bonds is 5. The van der Waals surface area contributed by atoms with Crippen LogP contribution in [0, 0.1) is 0 Å². The number of hydrogen-bond acceptors (Lipinski definition) is 4. The highest BCUT2D eigenvalue weighted by atomic mass is 19.4. The zero-order valence-electron chi connectivity index (χ0n) is 18.4. The maximum atomic E-state index is 12.9. The Bertz CT molecular complexity index is 1380. The number of carbonyl (C=O) groups excluding carboxylic acids is 1. The van der Waals surface area contributed by atoms with Gasteiger partial charge in [-0.3, -0.25) is 4.79 Å². The van der Waals surface area contributed by atoms with Gasteiger partial charge in [-0.05, 0) is 54.6 Å². The zero-order chi connectivity index (χ0) is 26.1.